The highest BCUT2D eigenvalue weighted by Gasteiger charge is 2.38. The second-order valence-electron chi connectivity index (χ2n) is 4.87. The molecule has 1 aliphatic rings. The van der Waals surface area contributed by atoms with Gasteiger partial charge in [-0.25, -0.2) is 4.79 Å². The van der Waals surface area contributed by atoms with E-state index < -0.39 is 5.54 Å². The summed E-state index contributed by atoms with van der Waals surface area (Å²) in [5, 5.41) is 0. The van der Waals surface area contributed by atoms with Gasteiger partial charge >= 0.3 is 0 Å². The molecule has 0 bridgehead atoms. The quantitative estimate of drug-likeness (QED) is 0.601. The third-order valence-electron chi connectivity index (χ3n) is 3.63. The number of benzene rings is 1. The monoisotopic (exact) mass is 245 g/mol. The number of hydrogen-bond acceptors (Lipinski definition) is 3. The lowest BCUT2D eigenvalue weighted by Gasteiger charge is -2.25. The second kappa shape index (κ2) is 5.36. The minimum Gasteiger partial charge on any atom is -0.494 e. The van der Waals surface area contributed by atoms with E-state index >= 15 is 0 Å². The van der Waals surface area contributed by atoms with Gasteiger partial charge in [-0.05, 0) is 38.8 Å². The first-order valence-corrected chi connectivity index (χ1v) is 6.55. The molecule has 1 aliphatic carbocycles. The van der Waals surface area contributed by atoms with Crippen molar-refractivity contribution in [1.82, 2.24) is 0 Å². The van der Waals surface area contributed by atoms with Crippen molar-refractivity contribution in [3.63, 3.8) is 0 Å². The summed E-state index contributed by atoms with van der Waals surface area (Å²) in [7, 11) is 0. The van der Waals surface area contributed by atoms with Crippen molar-refractivity contribution in [1.29, 1.82) is 0 Å². The van der Waals surface area contributed by atoms with Crippen LogP contribution in [0.5, 0.6) is 5.75 Å². The minimum absolute atomic E-state index is 0.404. The van der Waals surface area contributed by atoms with E-state index in [4.69, 9.17) is 4.74 Å². The van der Waals surface area contributed by atoms with E-state index in [1.807, 2.05) is 26.0 Å². The topological polar surface area (TPSA) is 38.7 Å². The SMILES string of the molecule is CCOc1ccc(C)cc1C1(N=C=O)CCCC1. The van der Waals surface area contributed by atoms with Gasteiger partial charge in [0.05, 0.1) is 6.61 Å². The van der Waals surface area contributed by atoms with Crippen molar-refractivity contribution >= 4 is 6.08 Å². The molecule has 96 valence electrons. The molecule has 3 nitrogen and oxygen atoms in total. The van der Waals surface area contributed by atoms with Crippen molar-refractivity contribution in [3.05, 3.63) is 29.3 Å². The summed E-state index contributed by atoms with van der Waals surface area (Å²) in [5.74, 6) is 0.851. The second-order valence-corrected chi connectivity index (χ2v) is 4.87. The Morgan fingerprint density at radius 2 is 2.11 bits per heavy atom. The highest BCUT2D eigenvalue weighted by Crippen LogP contribution is 2.45. The van der Waals surface area contributed by atoms with Gasteiger partial charge in [0, 0.05) is 5.56 Å². The van der Waals surface area contributed by atoms with E-state index in [-0.39, 0.29) is 0 Å². The molecule has 0 unspecified atom stereocenters. The summed E-state index contributed by atoms with van der Waals surface area (Å²) >= 11 is 0. The summed E-state index contributed by atoms with van der Waals surface area (Å²) < 4.78 is 5.69. The zero-order valence-electron chi connectivity index (χ0n) is 11.0. The maximum atomic E-state index is 10.8. The molecule has 1 aromatic rings. The summed E-state index contributed by atoms with van der Waals surface area (Å²) in [6, 6.07) is 6.10. The molecule has 1 saturated carbocycles. The van der Waals surface area contributed by atoms with Crippen LogP contribution in [0.2, 0.25) is 0 Å². The number of isocyanates is 1. The van der Waals surface area contributed by atoms with E-state index in [9.17, 15) is 4.79 Å². The summed E-state index contributed by atoms with van der Waals surface area (Å²) in [5.41, 5.74) is 1.81. The molecule has 18 heavy (non-hydrogen) atoms. The van der Waals surface area contributed by atoms with E-state index in [1.54, 1.807) is 6.08 Å². The molecule has 1 aromatic carbocycles. The number of aliphatic imine (C=N–C) groups is 1. The Kier molecular flexibility index (Phi) is 3.83. The lowest BCUT2D eigenvalue weighted by Crippen LogP contribution is -2.20. The average Bonchev–Trinajstić information content (AvgIpc) is 2.82. The van der Waals surface area contributed by atoms with Crippen LogP contribution in [0.15, 0.2) is 23.2 Å². The molecule has 2 rings (SSSR count). The average molecular weight is 245 g/mol. The van der Waals surface area contributed by atoms with Crippen LogP contribution >= 0.6 is 0 Å². The smallest absolute Gasteiger partial charge is 0.235 e. The van der Waals surface area contributed by atoms with Gasteiger partial charge in [-0.2, -0.15) is 4.99 Å². The Morgan fingerprint density at radius 3 is 2.72 bits per heavy atom. The largest absolute Gasteiger partial charge is 0.494 e. The number of nitrogens with zero attached hydrogens (tertiary/aromatic N) is 1. The van der Waals surface area contributed by atoms with Gasteiger partial charge in [0.25, 0.3) is 0 Å². The van der Waals surface area contributed by atoms with Crippen LogP contribution < -0.4 is 4.74 Å². The molecule has 0 radical (unpaired) electrons. The summed E-state index contributed by atoms with van der Waals surface area (Å²) in [6.07, 6.45) is 5.78. The molecular formula is C15H19NO2. The molecule has 0 N–H and O–H groups in total. The minimum atomic E-state index is -0.404. The maximum Gasteiger partial charge on any atom is 0.235 e. The van der Waals surface area contributed by atoms with Crippen LogP contribution in [0.1, 0.15) is 43.7 Å². The Balaban J connectivity index is 2.52. The summed E-state index contributed by atoms with van der Waals surface area (Å²) in [6.45, 7) is 4.64. The molecule has 0 aliphatic heterocycles. The predicted octanol–water partition coefficient (Wildman–Crippen LogP) is 3.50. The van der Waals surface area contributed by atoms with Gasteiger partial charge in [0.1, 0.15) is 11.3 Å². The van der Waals surface area contributed by atoms with Crippen LogP contribution in [0.4, 0.5) is 0 Å². The van der Waals surface area contributed by atoms with Crippen LogP contribution in [0.3, 0.4) is 0 Å². The van der Waals surface area contributed by atoms with Crippen molar-refractivity contribution in [2.75, 3.05) is 6.61 Å². The molecule has 0 atom stereocenters. The molecule has 3 heteroatoms. The van der Waals surface area contributed by atoms with E-state index in [0.717, 1.165) is 37.0 Å². The highest BCUT2D eigenvalue weighted by atomic mass is 16.5. The highest BCUT2D eigenvalue weighted by molar-refractivity contribution is 5.46. The molecule has 0 amide bonds. The molecule has 0 saturated heterocycles. The lowest BCUT2D eigenvalue weighted by molar-refractivity contribution is 0.322. The van der Waals surface area contributed by atoms with Gasteiger partial charge in [0.15, 0.2) is 0 Å². The first kappa shape index (κ1) is 12.8. The van der Waals surface area contributed by atoms with Gasteiger partial charge in [-0.15, -0.1) is 0 Å². The third kappa shape index (κ3) is 2.32. The van der Waals surface area contributed by atoms with Crippen molar-refractivity contribution in [3.8, 4) is 5.75 Å². The number of ether oxygens (including phenoxy) is 1. The van der Waals surface area contributed by atoms with Crippen molar-refractivity contribution < 1.29 is 9.53 Å². The first-order valence-electron chi connectivity index (χ1n) is 6.55. The Morgan fingerprint density at radius 1 is 1.39 bits per heavy atom. The van der Waals surface area contributed by atoms with Crippen LogP contribution in [0.25, 0.3) is 0 Å². The zero-order valence-corrected chi connectivity index (χ0v) is 11.0. The number of aryl methyl sites for hydroxylation is 1. The zero-order chi connectivity index (χ0) is 13.0. The van der Waals surface area contributed by atoms with E-state index in [2.05, 4.69) is 11.1 Å². The Bertz CT molecular complexity index is 469. The Labute approximate surface area is 108 Å². The molecule has 0 aromatic heterocycles. The van der Waals surface area contributed by atoms with Crippen LogP contribution in [-0.2, 0) is 10.3 Å². The summed E-state index contributed by atoms with van der Waals surface area (Å²) in [4.78, 5) is 14.9. The number of rotatable bonds is 4. The molecule has 0 spiro atoms. The number of hydrogen-bond donors (Lipinski definition) is 0. The van der Waals surface area contributed by atoms with Gasteiger partial charge < -0.3 is 4.74 Å². The van der Waals surface area contributed by atoms with Crippen LogP contribution in [0, 0.1) is 6.92 Å². The van der Waals surface area contributed by atoms with Gasteiger partial charge in [0.2, 0.25) is 6.08 Å². The normalized spacial score (nSPS) is 17.2. The van der Waals surface area contributed by atoms with Crippen molar-refractivity contribution in [2.45, 2.75) is 45.1 Å². The maximum absolute atomic E-state index is 10.8. The van der Waals surface area contributed by atoms with Gasteiger partial charge in [-0.1, -0.05) is 24.5 Å². The lowest BCUT2D eigenvalue weighted by atomic mass is 9.87. The van der Waals surface area contributed by atoms with E-state index in [1.165, 1.54) is 5.56 Å². The predicted molar refractivity (Wildman–Crippen MR) is 70.6 cm³/mol. The first-order chi connectivity index (χ1) is 8.72. The standard InChI is InChI=1S/C15H19NO2/c1-3-18-14-7-6-12(2)10-13(14)15(16-11-17)8-4-5-9-15/h6-7,10H,3-5,8-9H2,1-2H3. The molecule has 1 fully saturated rings. The Hall–Kier alpha value is -1.60. The fraction of sp³-hybridized carbons (Fsp3) is 0.533. The van der Waals surface area contributed by atoms with Crippen molar-refractivity contribution in [2.24, 2.45) is 4.99 Å². The van der Waals surface area contributed by atoms with Crippen LogP contribution in [-0.4, -0.2) is 12.7 Å². The fourth-order valence-electron chi connectivity index (χ4n) is 2.78. The number of carbonyl (C=O) groups excluding carboxylic acids is 1. The van der Waals surface area contributed by atoms with Gasteiger partial charge in [-0.3, -0.25) is 0 Å². The third-order valence-corrected chi connectivity index (χ3v) is 3.63. The molecular weight excluding hydrogens is 226 g/mol. The van der Waals surface area contributed by atoms with E-state index in [0.29, 0.717) is 6.61 Å². The molecule has 0 heterocycles. The fourth-order valence-corrected chi connectivity index (χ4v) is 2.78.